The van der Waals surface area contributed by atoms with Crippen LogP contribution in [-0.4, -0.2) is 28.9 Å². The molecule has 2 aliphatic carbocycles. The molecule has 0 atom stereocenters. The maximum atomic E-state index is 13.8. The van der Waals surface area contributed by atoms with Crippen molar-refractivity contribution in [1.82, 2.24) is 14.9 Å². The zero-order chi connectivity index (χ0) is 22.9. The van der Waals surface area contributed by atoms with Crippen LogP contribution in [0.1, 0.15) is 36.8 Å². The lowest BCUT2D eigenvalue weighted by molar-refractivity contribution is 0.328. The van der Waals surface area contributed by atoms with E-state index < -0.39 is 0 Å². The van der Waals surface area contributed by atoms with Gasteiger partial charge in [-0.05, 0) is 73.2 Å². The number of hydrogen-bond donors (Lipinski definition) is 2. The molecule has 5 rings (SSSR count). The van der Waals surface area contributed by atoms with Crippen molar-refractivity contribution in [3.05, 3.63) is 93.9 Å². The van der Waals surface area contributed by atoms with Crippen LogP contribution in [0, 0.1) is 5.41 Å². The van der Waals surface area contributed by atoms with E-state index in [1.54, 1.807) is 23.9 Å². The molecule has 2 aromatic heterocycles. The summed E-state index contributed by atoms with van der Waals surface area (Å²) in [6, 6.07) is 13.9. The van der Waals surface area contributed by atoms with E-state index in [1.807, 2.05) is 49.4 Å². The molecule has 2 heterocycles. The molecule has 3 aromatic rings. The number of allylic oxidation sites excluding steroid dienone is 5. The van der Waals surface area contributed by atoms with Gasteiger partial charge in [-0.3, -0.25) is 9.36 Å². The number of nitrogens with one attached hydrogen (secondary N) is 2. The smallest absolute Gasteiger partial charge is 0.264 e. The Balaban J connectivity index is 1.73. The van der Waals surface area contributed by atoms with Crippen molar-refractivity contribution in [2.75, 3.05) is 13.7 Å². The first-order valence-electron chi connectivity index (χ1n) is 11.3. The van der Waals surface area contributed by atoms with Gasteiger partial charge >= 0.3 is 0 Å². The largest absolute Gasteiger partial charge is 0.478 e. The van der Waals surface area contributed by atoms with Gasteiger partial charge < -0.3 is 15.5 Å². The van der Waals surface area contributed by atoms with Gasteiger partial charge in [-0.15, -0.1) is 0 Å². The SMILES string of the molecule is CCOc1ccc2cc(C3=C/C(=C/NC)C(=N)C=C3)c(=O)n(-c3ccc(C4CC4)cc3)c2n1. The third-order valence-corrected chi connectivity index (χ3v) is 5.98. The molecule has 0 saturated heterocycles. The first-order chi connectivity index (χ1) is 16.1. The lowest BCUT2D eigenvalue weighted by atomic mass is 9.95. The molecule has 1 fully saturated rings. The molecule has 0 unspecified atom stereocenters. The van der Waals surface area contributed by atoms with Gasteiger partial charge in [0.1, 0.15) is 0 Å². The molecule has 0 amide bonds. The Morgan fingerprint density at radius 3 is 2.67 bits per heavy atom. The van der Waals surface area contributed by atoms with Crippen molar-refractivity contribution < 1.29 is 4.74 Å². The van der Waals surface area contributed by atoms with E-state index in [1.165, 1.54) is 18.4 Å². The number of benzene rings is 1. The number of hydrogen-bond acceptors (Lipinski definition) is 5. The van der Waals surface area contributed by atoms with Crippen LogP contribution in [0.15, 0.2) is 77.3 Å². The number of ether oxygens (including phenoxy) is 1. The molecule has 2 N–H and O–H groups in total. The van der Waals surface area contributed by atoms with E-state index >= 15 is 0 Å². The van der Waals surface area contributed by atoms with Crippen molar-refractivity contribution in [3.8, 4) is 11.6 Å². The van der Waals surface area contributed by atoms with Crippen molar-refractivity contribution in [2.45, 2.75) is 25.7 Å². The first kappa shape index (κ1) is 20.9. The molecule has 6 nitrogen and oxygen atoms in total. The van der Waals surface area contributed by atoms with Gasteiger partial charge in [-0.2, -0.15) is 4.98 Å². The maximum absolute atomic E-state index is 13.8. The summed E-state index contributed by atoms with van der Waals surface area (Å²) >= 11 is 0. The normalized spacial score (nSPS) is 16.8. The zero-order valence-electron chi connectivity index (χ0n) is 18.8. The second-order valence-electron chi connectivity index (χ2n) is 8.29. The number of rotatable bonds is 6. The van der Waals surface area contributed by atoms with Crippen LogP contribution in [0.5, 0.6) is 5.88 Å². The highest BCUT2D eigenvalue weighted by Crippen LogP contribution is 2.40. The van der Waals surface area contributed by atoms with E-state index in [-0.39, 0.29) is 5.56 Å². The third kappa shape index (κ3) is 4.00. The molecule has 1 aromatic carbocycles. The van der Waals surface area contributed by atoms with Crippen molar-refractivity contribution in [1.29, 1.82) is 5.41 Å². The topological polar surface area (TPSA) is 80.0 Å². The molecule has 0 aliphatic heterocycles. The minimum atomic E-state index is -0.157. The molecular weight excluding hydrogens is 412 g/mol. The van der Waals surface area contributed by atoms with Crippen molar-refractivity contribution in [2.24, 2.45) is 0 Å². The monoisotopic (exact) mass is 438 g/mol. The fraction of sp³-hybridized carbons (Fsp3) is 0.222. The second-order valence-corrected chi connectivity index (χ2v) is 8.29. The molecule has 0 radical (unpaired) electrons. The van der Waals surface area contributed by atoms with Gasteiger partial charge in [0.25, 0.3) is 5.56 Å². The van der Waals surface area contributed by atoms with Crippen LogP contribution in [0.3, 0.4) is 0 Å². The summed E-state index contributed by atoms with van der Waals surface area (Å²) in [6.07, 6.45) is 9.62. The number of pyridine rings is 2. The van der Waals surface area contributed by atoms with Gasteiger partial charge in [0.05, 0.1) is 18.0 Å². The minimum absolute atomic E-state index is 0.157. The Kier molecular flexibility index (Phi) is 5.42. The van der Waals surface area contributed by atoms with Crippen LogP contribution in [0.2, 0.25) is 0 Å². The van der Waals surface area contributed by atoms with E-state index in [0.29, 0.717) is 35.3 Å². The molecule has 6 heteroatoms. The van der Waals surface area contributed by atoms with Gasteiger partial charge in [-0.25, -0.2) is 0 Å². The van der Waals surface area contributed by atoms with Crippen molar-refractivity contribution in [3.63, 3.8) is 0 Å². The molecule has 33 heavy (non-hydrogen) atoms. The van der Waals surface area contributed by atoms with E-state index in [9.17, 15) is 4.79 Å². The summed E-state index contributed by atoms with van der Waals surface area (Å²) in [4.78, 5) is 18.5. The Morgan fingerprint density at radius 2 is 1.97 bits per heavy atom. The quantitative estimate of drug-likeness (QED) is 0.583. The predicted octanol–water partition coefficient (Wildman–Crippen LogP) is 4.74. The van der Waals surface area contributed by atoms with Crippen LogP contribution >= 0.6 is 0 Å². The Hall–Kier alpha value is -3.93. The van der Waals surface area contributed by atoms with Gasteiger partial charge in [0.2, 0.25) is 5.88 Å². The fourth-order valence-electron chi connectivity index (χ4n) is 4.16. The number of aromatic nitrogens is 2. The Bertz CT molecular complexity index is 1390. The summed E-state index contributed by atoms with van der Waals surface area (Å²) in [5, 5.41) is 12.0. The lowest BCUT2D eigenvalue weighted by Crippen LogP contribution is -2.23. The maximum Gasteiger partial charge on any atom is 0.264 e. The predicted molar refractivity (Wildman–Crippen MR) is 132 cm³/mol. The number of fused-ring (bicyclic) bond motifs is 1. The summed E-state index contributed by atoms with van der Waals surface area (Å²) in [7, 11) is 1.79. The van der Waals surface area contributed by atoms with Crippen LogP contribution in [0.25, 0.3) is 22.3 Å². The molecular formula is C27H26N4O2. The highest BCUT2D eigenvalue weighted by molar-refractivity contribution is 6.13. The average Bonchev–Trinajstić information content (AvgIpc) is 3.67. The standard InChI is InChI=1S/C27H26N4O2/c1-3-33-25-13-9-20-15-23(19-8-12-24(28)21(14-19)16-29-2)27(32)31(26(20)30-25)22-10-6-18(7-11-22)17-4-5-17/h6-17,28-29H,3-5H2,1-2H3/b21-16-,28-24?. The van der Waals surface area contributed by atoms with E-state index in [0.717, 1.165) is 22.2 Å². The minimum Gasteiger partial charge on any atom is -0.478 e. The second kappa shape index (κ2) is 8.54. The van der Waals surface area contributed by atoms with Gasteiger partial charge in [0.15, 0.2) is 5.65 Å². The Labute approximate surface area is 192 Å². The first-order valence-corrected chi connectivity index (χ1v) is 11.3. The van der Waals surface area contributed by atoms with Crippen LogP contribution in [-0.2, 0) is 0 Å². The molecule has 2 aliphatic rings. The molecule has 166 valence electrons. The van der Waals surface area contributed by atoms with Crippen LogP contribution in [0.4, 0.5) is 0 Å². The highest BCUT2D eigenvalue weighted by atomic mass is 16.5. The summed E-state index contributed by atoms with van der Waals surface area (Å²) < 4.78 is 7.28. The summed E-state index contributed by atoms with van der Waals surface area (Å²) in [6.45, 7) is 2.41. The molecule has 0 bridgehead atoms. The summed E-state index contributed by atoms with van der Waals surface area (Å²) in [5.74, 6) is 1.14. The van der Waals surface area contributed by atoms with Gasteiger partial charge in [0, 0.05) is 35.8 Å². The molecule has 1 saturated carbocycles. The van der Waals surface area contributed by atoms with Crippen LogP contribution < -0.4 is 15.6 Å². The van der Waals surface area contributed by atoms with E-state index in [2.05, 4.69) is 22.4 Å². The average molecular weight is 439 g/mol. The third-order valence-electron chi connectivity index (χ3n) is 5.98. The lowest BCUT2D eigenvalue weighted by Gasteiger charge is -2.16. The highest BCUT2D eigenvalue weighted by Gasteiger charge is 2.23. The Morgan fingerprint density at radius 1 is 1.18 bits per heavy atom. The fourth-order valence-corrected chi connectivity index (χ4v) is 4.16. The number of nitrogens with zero attached hydrogens (tertiary/aromatic N) is 2. The zero-order valence-corrected chi connectivity index (χ0v) is 18.8. The molecule has 0 spiro atoms. The van der Waals surface area contributed by atoms with Gasteiger partial charge in [-0.1, -0.05) is 18.2 Å². The summed E-state index contributed by atoms with van der Waals surface area (Å²) in [5.41, 5.74) is 4.93. The van der Waals surface area contributed by atoms with Crippen molar-refractivity contribution >= 4 is 22.3 Å². The van der Waals surface area contributed by atoms with E-state index in [4.69, 9.17) is 10.1 Å².